The predicted octanol–water partition coefficient (Wildman–Crippen LogP) is 0.942. The summed E-state index contributed by atoms with van der Waals surface area (Å²) in [6.45, 7) is -0.710. The van der Waals surface area contributed by atoms with Gasteiger partial charge in [0.1, 0.15) is 11.4 Å². The summed E-state index contributed by atoms with van der Waals surface area (Å²) in [5, 5.41) is 0.578. The van der Waals surface area contributed by atoms with Gasteiger partial charge in [0.15, 0.2) is 6.61 Å². The van der Waals surface area contributed by atoms with Crippen LogP contribution in [0.4, 0.5) is 5.82 Å². The summed E-state index contributed by atoms with van der Waals surface area (Å²) >= 11 is 11.9. The summed E-state index contributed by atoms with van der Waals surface area (Å²) in [6.07, 6.45) is -0.243. The molecule has 0 saturated heterocycles. The summed E-state index contributed by atoms with van der Waals surface area (Å²) in [4.78, 5) is 48.0. The molecule has 0 bridgehead atoms. The van der Waals surface area contributed by atoms with Crippen molar-refractivity contribution in [3.8, 4) is 0 Å². The van der Waals surface area contributed by atoms with E-state index in [2.05, 4.69) is 0 Å². The van der Waals surface area contributed by atoms with E-state index < -0.39 is 35.2 Å². The second-order valence-corrected chi connectivity index (χ2v) is 6.24. The predicted molar refractivity (Wildman–Crippen MR) is 96.8 cm³/mol. The van der Waals surface area contributed by atoms with Gasteiger partial charge < -0.3 is 10.5 Å². The Balaban J connectivity index is 2.16. The Morgan fingerprint density at radius 2 is 1.69 bits per heavy atom. The Kier molecular flexibility index (Phi) is 5.89. The molecule has 0 amide bonds. The summed E-state index contributed by atoms with van der Waals surface area (Å²) in [7, 11) is 2.53. The molecule has 0 spiro atoms. The highest BCUT2D eigenvalue weighted by atomic mass is 35.5. The molecule has 1 aromatic heterocycles. The zero-order valence-electron chi connectivity index (χ0n) is 13.9. The lowest BCUT2D eigenvalue weighted by Crippen LogP contribution is -2.42. The van der Waals surface area contributed by atoms with Gasteiger partial charge in [-0.05, 0) is 12.1 Å². The van der Waals surface area contributed by atoms with Crippen molar-refractivity contribution < 1.29 is 14.3 Å². The third-order valence-corrected chi connectivity index (χ3v) is 4.44. The molecule has 10 heteroatoms. The number of esters is 1. The van der Waals surface area contributed by atoms with Gasteiger partial charge >= 0.3 is 11.7 Å². The molecule has 0 fully saturated rings. The molecular weight excluding hydrogens is 385 g/mol. The maximum Gasteiger partial charge on any atom is 0.332 e. The van der Waals surface area contributed by atoms with E-state index in [1.165, 1.54) is 14.1 Å². The van der Waals surface area contributed by atoms with Gasteiger partial charge in [0.25, 0.3) is 5.56 Å². The van der Waals surface area contributed by atoms with Crippen molar-refractivity contribution in [1.29, 1.82) is 0 Å². The number of benzene rings is 1. The molecule has 0 atom stereocenters. The highest BCUT2D eigenvalue weighted by Crippen LogP contribution is 2.24. The zero-order chi connectivity index (χ0) is 19.6. The van der Waals surface area contributed by atoms with E-state index in [0.717, 1.165) is 9.13 Å². The fourth-order valence-electron chi connectivity index (χ4n) is 2.24. The normalized spacial score (nSPS) is 10.6. The Morgan fingerprint density at radius 3 is 2.27 bits per heavy atom. The molecule has 2 rings (SSSR count). The third kappa shape index (κ3) is 3.81. The molecule has 2 N–H and O–H groups in total. The monoisotopic (exact) mass is 399 g/mol. The lowest BCUT2D eigenvalue weighted by Gasteiger charge is -2.11. The summed E-state index contributed by atoms with van der Waals surface area (Å²) < 4.78 is 6.60. The van der Waals surface area contributed by atoms with Crippen molar-refractivity contribution in [3.63, 3.8) is 0 Å². The molecule has 0 unspecified atom stereocenters. The van der Waals surface area contributed by atoms with E-state index in [-0.39, 0.29) is 22.3 Å². The first kappa shape index (κ1) is 19.7. The van der Waals surface area contributed by atoms with E-state index >= 15 is 0 Å². The number of Topliss-reactive ketones (excluding diaryl/α,β-unsaturated/α-hetero) is 1. The molecule has 0 saturated carbocycles. The first-order valence-electron chi connectivity index (χ1n) is 7.32. The van der Waals surface area contributed by atoms with Crippen LogP contribution in [0, 0.1) is 0 Å². The number of hydrogen-bond donors (Lipinski definition) is 1. The van der Waals surface area contributed by atoms with Crippen molar-refractivity contribution in [2.45, 2.75) is 6.42 Å². The minimum Gasteiger partial charge on any atom is -0.457 e. The average molecular weight is 400 g/mol. The SMILES string of the molecule is Cn1c(N)c(C(=O)COC(=O)Cc2c(Cl)cccc2Cl)c(=O)n(C)c1=O. The number of ketones is 1. The lowest BCUT2D eigenvalue weighted by atomic mass is 10.1. The second-order valence-electron chi connectivity index (χ2n) is 5.43. The summed E-state index contributed by atoms with van der Waals surface area (Å²) in [5.74, 6) is -1.88. The van der Waals surface area contributed by atoms with Crippen LogP contribution in [0.3, 0.4) is 0 Å². The van der Waals surface area contributed by atoms with Crippen molar-refractivity contribution >= 4 is 40.8 Å². The average Bonchev–Trinajstić information content (AvgIpc) is 2.60. The van der Waals surface area contributed by atoms with E-state index in [1.807, 2.05) is 0 Å². The smallest absolute Gasteiger partial charge is 0.332 e. The molecule has 0 aliphatic carbocycles. The number of nitrogens with zero attached hydrogens (tertiary/aromatic N) is 2. The summed E-state index contributed by atoms with van der Waals surface area (Å²) in [6, 6.07) is 4.76. The van der Waals surface area contributed by atoms with E-state index in [4.69, 9.17) is 33.7 Å². The molecule has 0 radical (unpaired) electrons. The van der Waals surface area contributed by atoms with Gasteiger partial charge in [-0.3, -0.25) is 23.5 Å². The van der Waals surface area contributed by atoms with Gasteiger partial charge in [-0.25, -0.2) is 4.79 Å². The Morgan fingerprint density at radius 1 is 1.12 bits per heavy atom. The van der Waals surface area contributed by atoms with Gasteiger partial charge in [-0.2, -0.15) is 0 Å². The van der Waals surface area contributed by atoms with Gasteiger partial charge in [0.2, 0.25) is 5.78 Å². The number of halogens is 2. The highest BCUT2D eigenvalue weighted by molar-refractivity contribution is 6.36. The van der Waals surface area contributed by atoms with Gasteiger partial charge in [-0.15, -0.1) is 0 Å². The Hall–Kier alpha value is -2.58. The van der Waals surface area contributed by atoms with Crippen molar-refractivity contribution in [2.75, 3.05) is 12.3 Å². The molecular formula is C16H15Cl2N3O5. The molecule has 138 valence electrons. The first-order valence-corrected chi connectivity index (χ1v) is 8.08. The molecule has 2 aromatic rings. The van der Waals surface area contributed by atoms with Crippen LogP contribution >= 0.6 is 23.2 Å². The Labute approximate surface area is 157 Å². The number of nitrogens with two attached hydrogens (primary N) is 1. The topological polar surface area (TPSA) is 113 Å². The van der Waals surface area contributed by atoms with Gasteiger partial charge in [-0.1, -0.05) is 29.3 Å². The first-order chi connectivity index (χ1) is 12.1. The Bertz CT molecular complexity index is 990. The number of hydrogen-bond acceptors (Lipinski definition) is 6. The maximum atomic E-state index is 12.3. The van der Waals surface area contributed by atoms with Crippen molar-refractivity contribution in [1.82, 2.24) is 9.13 Å². The van der Waals surface area contributed by atoms with E-state index in [0.29, 0.717) is 5.56 Å². The van der Waals surface area contributed by atoms with Crippen LogP contribution in [0.2, 0.25) is 10.0 Å². The molecule has 8 nitrogen and oxygen atoms in total. The number of aromatic nitrogens is 2. The van der Waals surface area contributed by atoms with Crippen LogP contribution in [0.5, 0.6) is 0 Å². The molecule has 1 heterocycles. The zero-order valence-corrected chi connectivity index (χ0v) is 15.4. The lowest BCUT2D eigenvalue weighted by molar-refractivity contribution is -0.141. The minimum absolute atomic E-state index is 0.243. The number of carbonyl (C=O) groups excluding carboxylic acids is 2. The quantitative estimate of drug-likeness (QED) is 0.591. The standard InChI is InChI=1S/C16H15Cl2N3O5/c1-20-14(19)13(15(24)21(2)16(20)25)11(22)7-26-12(23)6-8-9(17)4-3-5-10(8)18/h3-5H,6-7,19H2,1-2H3. The highest BCUT2D eigenvalue weighted by Gasteiger charge is 2.22. The number of rotatable bonds is 5. The number of anilines is 1. The molecule has 26 heavy (non-hydrogen) atoms. The largest absolute Gasteiger partial charge is 0.457 e. The number of carbonyl (C=O) groups is 2. The van der Waals surface area contributed by atoms with Crippen molar-refractivity contribution in [3.05, 3.63) is 60.2 Å². The van der Waals surface area contributed by atoms with Crippen LogP contribution < -0.4 is 17.0 Å². The van der Waals surface area contributed by atoms with E-state index in [1.54, 1.807) is 18.2 Å². The van der Waals surface area contributed by atoms with Crippen molar-refractivity contribution in [2.24, 2.45) is 14.1 Å². The van der Waals surface area contributed by atoms with Crippen LogP contribution in [0.1, 0.15) is 15.9 Å². The van der Waals surface area contributed by atoms with Crippen LogP contribution in [0.25, 0.3) is 0 Å². The fourth-order valence-corrected chi connectivity index (χ4v) is 2.77. The second kappa shape index (κ2) is 7.76. The maximum absolute atomic E-state index is 12.3. The number of ether oxygens (including phenoxy) is 1. The molecule has 0 aliphatic heterocycles. The number of nitrogen functional groups attached to an aromatic ring is 1. The fraction of sp³-hybridized carbons (Fsp3) is 0.250. The third-order valence-electron chi connectivity index (χ3n) is 3.74. The molecule has 0 aliphatic rings. The van der Waals surface area contributed by atoms with E-state index in [9.17, 15) is 19.2 Å². The van der Waals surface area contributed by atoms with Crippen LogP contribution in [0.15, 0.2) is 27.8 Å². The van der Waals surface area contributed by atoms with Gasteiger partial charge in [0.05, 0.1) is 6.42 Å². The summed E-state index contributed by atoms with van der Waals surface area (Å²) in [5.41, 5.74) is 4.09. The van der Waals surface area contributed by atoms with Gasteiger partial charge in [0, 0.05) is 29.7 Å². The van der Waals surface area contributed by atoms with Crippen LogP contribution in [-0.2, 0) is 30.0 Å². The minimum atomic E-state index is -0.860. The van der Waals surface area contributed by atoms with Crippen LogP contribution in [-0.4, -0.2) is 27.5 Å². The molecule has 1 aromatic carbocycles.